The van der Waals surface area contributed by atoms with Crippen LogP contribution in [-0.4, -0.2) is 154 Å². The molecule has 2 aliphatic rings. The number of phenols is 6. The number of anilines is 4. The average molecular weight is 1730 g/mol. The summed E-state index contributed by atoms with van der Waals surface area (Å²) in [6.45, 7) is 3.66. The molecule has 10 N–H and O–H groups in total. The first kappa shape index (κ1) is 80.4. The summed E-state index contributed by atoms with van der Waals surface area (Å²) in [7, 11) is 0. The third kappa shape index (κ3) is 14.4. The van der Waals surface area contributed by atoms with Crippen molar-refractivity contribution in [2.45, 2.75) is 13.8 Å². The lowest BCUT2D eigenvalue weighted by Gasteiger charge is -2.28. The van der Waals surface area contributed by atoms with E-state index in [2.05, 4.69) is 61.2 Å². The van der Waals surface area contributed by atoms with Gasteiger partial charge in [0.25, 0.3) is 35.0 Å². The van der Waals surface area contributed by atoms with Gasteiger partial charge in [-0.2, -0.15) is 0 Å². The molecule has 634 valence electrons. The quantitative estimate of drug-likeness (QED) is 0.0207. The average Bonchev–Trinajstić information content (AvgIpc) is 0.857. The normalized spacial score (nSPS) is 12.2. The van der Waals surface area contributed by atoms with E-state index < -0.39 is 33.5 Å². The lowest BCUT2D eigenvalue weighted by Crippen LogP contribution is -2.40. The predicted molar refractivity (Wildman–Crippen MR) is 479 cm³/mol. The molecule has 21 aromatic rings. The Hall–Kier alpha value is -19.3. The van der Waals surface area contributed by atoms with Crippen LogP contribution in [0.5, 0.6) is 34.5 Å². The predicted octanol–water partition coefficient (Wildman–Crippen LogP) is 14.6. The first-order chi connectivity index (χ1) is 62.9. The largest absolute Gasteiger partial charge is 0.506 e. The fourth-order valence-electron chi connectivity index (χ4n) is 15.2. The Balaban J connectivity index is 0.000000108. The second-order valence-electron chi connectivity index (χ2n) is 29.6. The molecule has 38 nitrogen and oxygen atoms in total. The number of nitro benzene ring substituents is 2. The fraction of sp³-hybridized carbons (Fsp3) is 0.0217. The summed E-state index contributed by atoms with van der Waals surface area (Å²) in [5.41, 5.74) is 24.4. The van der Waals surface area contributed by atoms with E-state index in [1.807, 2.05) is 85.8 Å². The zero-order valence-corrected chi connectivity index (χ0v) is 67.5. The standard InChI is InChI=1S/C25H15N5O5.C24H13N5O5.C18H12N6O2.C13H12N4O.C12H10N4O/c1-13-11-20(23(31)21(12-13)29-26-17-7-2-3-8-18(17)27-29)28-24(32)15-6-4-5-14-19(30(34)35)10-9-16(22(14)15)25(28)33;30-21-7-2-1-6-20(21)28-25-17-10-8-13(12-18(17)26-28)27-23(31)15-5-3-4-14-19(29(33)34)11-9-16(22(14)15)24(27)32;25-16-10-9-15(23-19-11-5-1-2-6-12(11)20-23)18(26)17(16)24-21-13-7-3-4-8-14(13)22-24;1-8-6-9(14)13(18)12(7-8)17-15-10-4-2-3-5-11(10)16-17;13-8-5-6-9-10(7-8)15-16(14-9)11-3-1-2-4-12(11)17/h2-12,31H,1H3;1-12,30H;1-10,25-26H;2-7,18H,14H2,1H3;1-7,17H,13H2. The number of amides is 4. The maximum atomic E-state index is 13.5. The van der Waals surface area contributed by atoms with E-state index in [1.165, 1.54) is 102 Å². The van der Waals surface area contributed by atoms with Crippen molar-refractivity contribution in [2.24, 2.45) is 0 Å². The molecule has 0 fully saturated rings. The molecule has 130 heavy (non-hydrogen) atoms. The van der Waals surface area contributed by atoms with E-state index in [4.69, 9.17) is 11.5 Å². The first-order valence-corrected chi connectivity index (χ1v) is 39.4. The van der Waals surface area contributed by atoms with Crippen LogP contribution in [0.3, 0.4) is 0 Å². The molecule has 0 spiro atoms. The summed E-state index contributed by atoms with van der Waals surface area (Å²) >= 11 is 0. The Morgan fingerprint density at radius 1 is 0.285 bits per heavy atom. The zero-order chi connectivity index (χ0) is 90.2. The van der Waals surface area contributed by atoms with Crippen molar-refractivity contribution in [2.75, 3.05) is 21.3 Å². The molecule has 0 bridgehead atoms. The van der Waals surface area contributed by atoms with Crippen LogP contribution in [0.1, 0.15) is 52.6 Å². The molecule has 0 saturated carbocycles. The molecule has 0 unspecified atom stereocenters. The number of nitrogens with zero attached hydrogens (tertiary/aromatic N) is 22. The van der Waals surface area contributed by atoms with E-state index in [0.29, 0.717) is 89.3 Å². The number of fused-ring (bicyclic) bond motifs is 6. The number of rotatable bonds is 10. The van der Waals surface area contributed by atoms with Crippen molar-refractivity contribution < 1.29 is 59.7 Å². The molecule has 0 atom stereocenters. The van der Waals surface area contributed by atoms with Crippen LogP contribution in [0.4, 0.5) is 34.1 Å². The minimum Gasteiger partial charge on any atom is -0.506 e. The number of carbonyl (C=O) groups excluding carboxylic acids is 4. The van der Waals surface area contributed by atoms with Gasteiger partial charge >= 0.3 is 0 Å². The summed E-state index contributed by atoms with van der Waals surface area (Å²) in [6.07, 6.45) is 0. The van der Waals surface area contributed by atoms with E-state index in [0.717, 1.165) is 31.9 Å². The number of para-hydroxylation sites is 4. The number of nitro groups is 2. The Morgan fingerprint density at radius 2 is 0.631 bits per heavy atom. The number of nitrogens with two attached hydrogens (primary N) is 2. The van der Waals surface area contributed by atoms with E-state index >= 15 is 0 Å². The fourth-order valence-corrected chi connectivity index (χ4v) is 15.2. The topological polar surface area (TPSA) is 519 Å². The molecule has 0 saturated heterocycles. The number of benzene rings is 15. The van der Waals surface area contributed by atoms with E-state index in [-0.39, 0.29) is 112 Å². The van der Waals surface area contributed by atoms with Gasteiger partial charge in [0, 0.05) is 50.8 Å². The highest BCUT2D eigenvalue weighted by molar-refractivity contribution is 6.38. The molecule has 6 aromatic heterocycles. The van der Waals surface area contributed by atoms with Gasteiger partial charge in [-0.3, -0.25) is 39.4 Å². The Bertz CT molecular complexity index is 8150. The summed E-state index contributed by atoms with van der Waals surface area (Å²) in [5, 5.41) is 138. The molecule has 0 aliphatic carbocycles. The minimum atomic E-state index is -0.695. The minimum absolute atomic E-state index is 0.000839. The Labute approximate surface area is 727 Å². The molecular weight excluding hydrogens is 1670 g/mol. The summed E-state index contributed by atoms with van der Waals surface area (Å²) < 4.78 is 0. The van der Waals surface area contributed by atoms with Gasteiger partial charge in [-0.1, -0.05) is 84.9 Å². The van der Waals surface area contributed by atoms with Gasteiger partial charge in [0.2, 0.25) is 0 Å². The lowest BCUT2D eigenvalue weighted by molar-refractivity contribution is -0.383. The van der Waals surface area contributed by atoms with Crippen LogP contribution in [0.15, 0.2) is 279 Å². The van der Waals surface area contributed by atoms with Crippen molar-refractivity contribution in [3.05, 3.63) is 333 Å². The highest BCUT2D eigenvalue weighted by Gasteiger charge is 2.39. The van der Waals surface area contributed by atoms with Gasteiger partial charge in [0.05, 0.1) is 37.7 Å². The van der Waals surface area contributed by atoms with Crippen molar-refractivity contribution >= 4 is 145 Å². The number of aromatic nitrogens is 18. The molecule has 0 radical (unpaired) electrons. The Kier molecular flexibility index (Phi) is 19.9. The second-order valence-corrected chi connectivity index (χ2v) is 29.6. The van der Waals surface area contributed by atoms with Gasteiger partial charge in [-0.25, -0.2) is 9.80 Å². The first-order valence-electron chi connectivity index (χ1n) is 39.4. The van der Waals surface area contributed by atoms with Crippen molar-refractivity contribution in [3.63, 3.8) is 0 Å². The van der Waals surface area contributed by atoms with Gasteiger partial charge < -0.3 is 42.1 Å². The van der Waals surface area contributed by atoms with Crippen LogP contribution in [-0.2, 0) is 0 Å². The number of non-ortho nitro benzene ring substituents is 2. The molecule has 4 amide bonds. The monoisotopic (exact) mass is 1730 g/mol. The lowest BCUT2D eigenvalue weighted by atomic mass is 9.92. The number of carbonyl (C=O) groups is 4. The second kappa shape index (κ2) is 32.2. The molecule has 23 rings (SSSR count). The third-order valence-electron chi connectivity index (χ3n) is 21.2. The van der Waals surface area contributed by atoms with E-state index in [9.17, 15) is 70.0 Å². The number of hydrogen-bond donors (Lipinski definition) is 8. The van der Waals surface area contributed by atoms with E-state index in [1.54, 1.807) is 134 Å². The summed E-state index contributed by atoms with van der Waals surface area (Å²) in [5.74, 6) is -3.14. The van der Waals surface area contributed by atoms with Crippen molar-refractivity contribution in [1.29, 1.82) is 0 Å². The summed E-state index contributed by atoms with van der Waals surface area (Å²) in [6, 6.07) is 77.1. The van der Waals surface area contributed by atoms with Crippen LogP contribution >= 0.6 is 0 Å². The molecule has 2 aliphatic heterocycles. The number of phenolic OH excluding ortho intramolecular Hbond substituents is 6. The van der Waals surface area contributed by atoms with Crippen molar-refractivity contribution in [3.8, 4) is 68.6 Å². The maximum absolute atomic E-state index is 13.5. The van der Waals surface area contributed by atoms with Crippen LogP contribution < -0.4 is 21.3 Å². The summed E-state index contributed by atoms with van der Waals surface area (Å²) in [4.78, 5) is 85.4. The SMILES string of the molecule is Cc1cc(N)c(O)c(-n2nc3ccccc3n2)c1.Cc1cc(N2C(=O)c3cccc4c([N+](=O)[O-])ccc(c34)C2=O)c(O)c(-n2nc3ccccc3n2)c1.Nc1ccc2nn(-c3ccccc3O)nc2c1.O=C1c2cccc3c([N+](=O)[O-])ccc(c23)C(=O)N1c1ccc2nn(-c3ccccc3O)nc2c1.Oc1ccc(-n2nc3ccccc3n2)c(O)c1-n1nc2ccccc2n1. The van der Waals surface area contributed by atoms with Crippen LogP contribution in [0.2, 0.25) is 0 Å². The highest BCUT2D eigenvalue weighted by atomic mass is 16.6. The van der Waals surface area contributed by atoms with Crippen molar-refractivity contribution in [1.82, 2.24) is 90.0 Å². The molecular formula is C92H62N24O14. The van der Waals surface area contributed by atoms with Gasteiger partial charge in [0.15, 0.2) is 22.9 Å². The van der Waals surface area contributed by atoms with Crippen LogP contribution in [0, 0.1) is 34.1 Å². The third-order valence-corrected chi connectivity index (χ3v) is 21.2. The maximum Gasteiger partial charge on any atom is 0.277 e. The number of imide groups is 2. The molecule has 8 heterocycles. The molecule has 15 aromatic carbocycles. The van der Waals surface area contributed by atoms with Gasteiger partial charge in [0.1, 0.15) is 112 Å². The van der Waals surface area contributed by atoms with Gasteiger partial charge in [-0.15, -0.1) is 90.0 Å². The zero-order valence-electron chi connectivity index (χ0n) is 67.5. The number of nitrogen functional groups attached to an aromatic ring is 2. The highest BCUT2D eigenvalue weighted by Crippen LogP contribution is 2.44. The smallest absolute Gasteiger partial charge is 0.277 e. The van der Waals surface area contributed by atoms with Crippen LogP contribution in [0.25, 0.3) is 122 Å². The van der Waals surface area contributed by atoms with Gasteiger partial charge in [-0.05, 0) is 207 Å². The number of hydrogen-bond acceptors (Lipinski definition) is 28. The Morgan fingerprint density at radius 3 is 1.07 bits per heavy atom. The number of aromatic hydroxyl groups is 6. The molecule has 38 heteroatoms. The number of aryl methyl sites for hydroxylation is 2.